The number of carboxylic acids is 1. The van der Waals surface area contributed by atoms with E-state index in [-0.39, 0.29) is 30.7 Å². The van der Waals surface area contributed by atoms with Crippen LogP contribution in [0.15, 0.2) is 41.3 Å². The topological polar surface area (TPSA) is 133 Å². The highest BCUT2D eigenvalue weighted by Gasteiger charge is 2.51. The molecule has 0 saturated heterocycles. The van der Waals surface area contributed by atoms with Crippen LogP contribution in [-0.4, -0.2) is 49.0 Å². The van der Waals surface area contributed by atoms with E-state index in [1.54, 1.807) is 0 Å². The minimum absolute atomic E-state index is 0.0462. The van der Waals surface area contributed by atoms with E-state index in [9.17, 15) is 53.8 Å². The summed E-state index contributed by atoms with van der Waals surface area (Å²) >= 11 is 0. The van der Waals surface area contributed by atoms with Crippen molar-refractivity contribution in [2.45, 2.75) is 49.5 Å². The quantitative estimate of drug-likeness (QED) is 0.242. The Balaban J connectivity index is 2.01. The van der Waals surface area contributed by atoms with E-state index in [0.717, 1.165) is 18.2 Å². The Morgan fingerprint density at radius 2 is 1.71 bits per heavy atom. The number of carboxylic acid groups (broad SMARTS) is 1. The van der Waals surface area contributed by atoms with Crippen molar-refractivity contribution in [3.05, 3.63) is 47.8 Å². The number of ether oxygens (including phenoxy) is 1. The summed E-state index contributed by atoms with van der Waals surface area (Å²) in [6, 6.07) is 3.53. The summed E-state index contributed by atoms with van der Waals surface area (Å²) in [5.41, 5.74) is -5.80. The number of phenolic OH excluding ortho intramolecular Hbond substituents is 1. The maximum Gasteiger partial charge on any atom is 0.427 e. The van der Waals surface area contributed by atoms with Crippen molar-refractivity contribution in [1.82, 2.24) is 0 Å². The lowest BCUT2D eigenvalue weighted by molar-refractivity contribution is -0.242. The third kappa shape index (κ3) is 7.12. The van der Waals surface area contributed by atoms with Gasteiger partial charge in [0, 0.05) is 12.2 Å². The van der Waals surface area contributed by atoms with E-state index in [4.69, 9.17) is 5.11 Å². The predicted octanol–water partition coefficient (Wildman–Crippen LogP) is 5.75. The number of anilines is 2. The molecule has 0 unspecified atom stereocenters. The number of aliphatic carboxylic acids is 1. The first kappa shape index (κ1) is 31.8. The molecule has 0 heterocycles. The average molecular weight is 617 g/mol. The van der Waals surface area contributed by atoms with Crippen LogP contribution in [0.3, 0.4) is 0 Å². The number of amides is 1. The van der Waals surface area contributed by atoms with Crippen molar-refractivity contribution in [3.63, 3.8) is 0 Å². The smallest absolute Gasteiger partial charge is 0.427 e. The fourth-order valence-corrected chi connectivity index (χ4v) is 5.28. The summed E-state index contributed by atoms with van der Waals surface area (Å²) in [6.45, 7) is 0.574. The van der Waals surface area contributed by atoms with Crippen molar-refractivity contribution in [3.8, 4) is 5.75 Å². The maximum absolute atomic E-state index is 13.8. The molecule has 1 aliphatic rings. The Morgan fingerprint density at radius 1 is 1.07 bits per heavy atom. The van der Waals surface area contributed by atoms with E-state index in [0.29, 0.717) is 24.2 Å². The van der Waals surface area contributed by atoms with Crippen molar-refractivity contribution in [2.24, 2.45) is 11.8 Å². The number of carbonyl (C=O) groups excluding carboxylic acids is 1. The Morgan fingerprint density at radius 3 is 2.24 bits per heavy atom. The molecule has 41 heavy (non-hydrogen) atoms. The zero-order chi connectivity index (χ0) is 31.1. The molecule has 0 aromatic heterocycles. The molecule has 2 atom stereocenters. The molecule has 0 bridgehead atoms. The first-order valence-corrected chi connectivity index (χ1v) is 13.1. The van der Waals surface area contributed by atoms with Gasteiger partial charge in [-0.05, 0) is 69.0 Å². The summed E-state index contributed by atoms with van der Waals surface area (Å²) in [6.07, 6.45) is -11.8. The molecular weight excluding hydrogens is 593 g/mol. The van der Waals surface area contributed by atoms with Gasteiger partial charge in [-0.3, -0.25) is 14.4 Å². The fraction of sp³-hybridized carbons (Fsp3) is 0.417. The third-order valence-electron chi connectivity index (χ3n) is 6.30. The van der Waals surface area contributed by atoms with Crippen LogP contribution in [-0.2, 0) is 25.7 Å². The summed E-state index contributed by atoms with van der Waals surface area (Å²) in [5.74, 6) is -4.97. The predicted molar refractivity (Wildman–Crippen MR) is 128 cm³/mol. The van der Waals surface area contributed by atoms with Crippen LogP contribution >= 0.6 is 0 Å². The molecule has 17 heteroatoms. The van der Waals surface area contributed by atoms with Gasteiger partial charge in [0.15, 0.2) is 0 Å². The Kier molecular flexibility index (Phi) is 8.45. The summed E-state index contributed by atoms with van der Waals surface area (Å²) in [5, 5.41) is 21.5. The largest absolute Gasteiger partial charge is 0.506 e. The van der Waals surface area contributed by atoms with Gasteiger partial charge in [0.1, 0.15) is 11.6 Å². The van der Waals surface area contributed by atoms with Gasteiger partial charge in [0.25, 0.3) is 10.0 Å². The number of phenols is 1. The molecule has 2 aromatic rings. The zero-order valence-electron chi connectivity index (χ0n) is 21.2. The van der Waals surface area contributed by atoms with Gasteiger partial charge in [-0.1, -0.05) is 0 Å². The second kappa shape index (κ2) is 10.9. The van der Waals surface area contributed by atoms with Crippen LogP contribution in [0, 0.1) is 17.7 Å². The molecule has 9 nitrogen and oxygen atoms in total. The Bertz CT molecular complexity index is 1440. The highest BCUT2D eigenvalue weighted by atomic mass is 32.2. The maximum atomic E-state index is 13.8. The van der Waals surface area contributed by atoms with Gasteiger partial charge in [-0.2, -0.15) is 26.3 Å². The van der Waals surface area contributed by atoms with Gasteiger partial charge in [0.05, 0.1) is 22.1 Å². The fourth-order valence-electron chi connectivity index (χ4n) is 3.77. The molecule has 0 spiro atoms. The van der Waals surface area contributed by atoms with Crippen LogP contribution in [0.1, 0.15) is 32.3 Å². The van der Waals surface area contributed by atoms with Crippen LogP contribution in [0.25, 0.3) is 0 Å². The van der Waals surface area contributed by atoms with Gasteiger partial charge in [0.2, 0.25) is 5.60 Å². The van der Waals surface area contributed by atoms with E-state index < -0.39 is 86.1 Å². The molecule has 226 valence electrons. The second-order valence-corrected chi connectivity index (χ2v) is 11.5. The molecule has 3 rings (SSSR count). The van der Waals surface area contributed by atoms with Gasteiger partial charge >= 0.3 is 24.4 Å². The standard InChI is InChI=1S/C24H23F7N2O7S/c1-22(2,24(29,30)31)40-21(37)32-13-3-6-19(34)18(10-13)33(8-7-12-9-15(12)20(35)36)41(38,39)14-4-5-17(25)16(11-14)23(26,27)28/h3-6,10-12,15,34H,7-9H2,1-2H3,(H,32,37)(H,35,36)/t12-,15-/m0/s1. The van der Waals surface area contributed by atoms with E-state index in [2.05, 4.69) is 4.74 Å². The summed E-state index contributed by atoms with van der Waals surface area (Å²) < 4.78 is 125. The first-order valence-electron chi connectivity index (χ1n) is 11.7. The number of nitrogens with one attached hydrogen (secondary N) is 1. The Labute approximate surface area is 228 Å². The number of carbonyl (C=O) groups is 2. The SMILES string of the molecule is CC(C)(OC(=O)Nc1ccc(O)c(N(CC[C@H]2C[C@@H]2C(=O)O)S(=O)(=O)c2ccc(F)c(C(F)(F)F)c2)c1)C(F)(F)F. The van der Waals surface area contributed by atoms with Crippen molar-refractivity contribution in [2.75, 3.05) is 16.2 Å². The number of hydrogen-bond donors (Lipinski definition) is 3. The Hall–Kier alpha value is -3.76. The minimum Gasteiger partial charge on any atom is -0.506 e. The zero-order valence-corrected chi connectivity index (χ0v) is 22.0. The number of benzene rings is 2. The van der Waals surface area contributed by atoms with E-state index >= 15 is 0 Å². The molecule has 0 radical (unpaired) electrons. The highest BCUT2D eigenvalue weighted by Crippen LogP contribution is 2.43. The molecule has 1 fully saturated rings. The van der Waals surface area contributed by atoms with E-state index in [1.165, 1.54) is 0 Å². The minimum atomic E-state index is -5.26. The number of alkyl halides is 6. The molecular formula is C24H23F7N2O7S. The van der Waals surface area contributed by atoms with Gasteiger partial charge < -0.3 is 14.9 Å². The van der Waals surface area contributed by atoms with Crippen LogP contribution in [0.2, 0.25) is 0 Å². The molecule has 1 amide bonds. The van der Waals surface area contributed by atoms with Crippen LogP contribution in [0.5, 0.6) is 5.75 Å². The highest BCUT2D eigenvalue weighted by molar-refractivity contribution is 7.92. The number of nitrogens with zero attached hydrogens (tertiary/aromatic N) is 1. The lowest BCUT2D eigenvalue weighted by atomic mass is 10.1. The number of hydrogen-bond acceptors (Lipinski definition) is 6. The molecule has 3 N–H and O–H groups in total. The lowest BCUT2D eigenvalue weighted by Gasteiger charge is -2.28. The number of rotatable bonds is 9. The van der Waals surface area contributed by atoms with Crippen molar-refractivity contribution >= 4 is 33.5 Å². The van der Waals surface area contributed by atoms with E-state index in [1.807, 2.05) is 5.32 Å². The first-order chi connectivity index (χ1) is 18.6. The second-order valence-electron chi connectivity index (χ2n) is 9.67. The van der Waals surface area contributed by atoms with Crippen LogP contribution in [0.4, 0.5) is 46.9 Å². The molecule has 2 aromatic carbocycles. The molecule has 1 saturated carbocycles. The molecule has 1 aliphatic carbocycles. The molecule has 0 aliphatic heterocycles. The van der Waals surface area contributed by atoms with Crippen molar-refractivity contribution in [1.29, 1.82) is 0 Å². The number of sulfonamides is 1. The monoisotopic (exact) mass is 616 g/mol. The number of halogens is 7. The van der Waals surface area contributed by atoms with Gasteiger partial charge in [-0.15, -0.1) is 0 Å². The van der Waals surface area contributed by atoms with Crippen LogP contribution < -0.4 is 9.62 Å². The lowest BCUT2D eigenvalue weighted by Crippen LogP contribution is -2.44. The third-order valence-corrected chi connectivity index (χ3v) is 8.10. The summed E-state index contributed by atoms with van der Waals surface area (Å²) in [4.78, 5) is 22.3. The average Bonchev–Trinajstić information content (AvgIpc) is 3.59. The van der Waals surface area contributed by atoms with Gasteiger partial charge in [-0.25, -0.2) is 17.6 Å². The normalized spacial score (nSPS) is 17.6. The van der Waals surface area contributed by atoms with Crippen molar-refractivity contribution < 1.29 is 63.7 Å². The summed E-state index contributed by atoms with van der Waals surface area (Å²) in [7, 11) is -5.01. The number of aromatic hydroxyl groups is 1.